The molecule has 0 saturated carbocycles. The monoisotopic (exact) mass is 386 g/mol. The van der Waals surface area contributed by atoms with Crippen molar-refractivity contribution in [2.24, 2.45) is 4.99 Å². The number of carbonyl (C=O) groups excluding carboxylic acids is 2. The summed E-state index contributed by atoms with van der Waals surface area (Å²) in [6.07, 6.45) is 0.952. The van der Waals surface area contributed by atoms with E-state index in [9.17, 15) is 14.0 Å². The second-order valence-electron chi connectivity index (χ2n) is 6.01. The molecular formula is C20H19FN2O3S. The average Bonchev–Trinajstić information content (AvgIpc) is 2.99. The van der Waals surface area contributed by atoms with Crippen LogP contribution in [0.25, 0.3) is 10.2 Å². The summed E-state index contributed by atoms with van der Waals surface area (Å²) in [5, 5.41) is 0. The summed E-state index contributed by atoms with van der Waals surface area (Å²) in [6.45, 7) is 2.04. The number of thiazole rings is 1. The van der Waals surface area contributed by atoms with Crippen molar-refractivity contribution in [1.82, 2.24) is 4.57 Å². The molecule has 0 unspecified atom stereocenters. The largest absolute Gasteiger partial charge is 0.468 e. The van der Waals surface area contributed by atoms with E-state index in [1.54, 1.807) is 16.7 Å². The maximum Gasteiger partial charge on any atom is 0.325 e. The van der Waals surface area contributed by atoms with Gasteiger partial charge in [-0.15, -0.1) is 0 Å². The zero-order valence-electron chi connectivity index (χ0n) is 15.1. The van der Waals surface area contributed by atoms with E-state index in [4.69, 9.17) is 4.74 Å². The molecule has 0 bridgehead atoms. The molecule has 1 amide bonds. The van der Waals surface area contributed by atoms with Crippen LogP contribution in [0.1, 0.15) is 18.1 Å². The first kappa shape index (κ1) is 19.0. The third-order valence-corrected chi connectivity index (χ3v) is 5.20. The second-order valence-corrected chi connectivity index (χ2v) is 7.02. The van der Waals surface area contributed by atoms with E-state index in [0.29, 0.717) is 10.4 Å². The van der Waals surface area contributed by atoms with E-state index in [1.807, 2.05) is 18.2 Å². The number of aryl methyl sites for hydroxylation is 1. The molecule has 0 aliphatic carbocycles. The van der Waals surface area contributed by atoms with Crippen LogP contribution in [0.4, 0.5) is 4.39 Å². The van der Waals surface area contributed by atoms with E-state index < -0.39 is 5.97 Å². The summed E-state index contributed by atoms with van der Waals surface area (Å²) in [6, 6.07) is 11.7. The molecule has 1 aromatic heterocycles. The lowest BCUT2D eigenvalue weighted by atomic mass is 10.1. The van der Waals surface area contributed by atoms with Crippen LogP contribution in [-0.4, -0.2) is 23.6 Å². The third kappa shape index (κ3) is 4.49. The Bertz CT molecular complexity index is 1050. The molecule has 1 heterocycles. The van der Waals surface area contributed by atoms with Crippen molar-refractivity contribution in [3.05, 3.63) is 64.2 Å². The van der Waals surface area contributed by atoms with Gasteiger partial charge in [0, 0.05) is 0 Å². The van der Waals surface area contributed by atoms with Crippen LogP contribution in [0.5, 0.6) is 0 Å². The zero-order chi connectivity index (χ0) is 19.4. The summed E-state index contributed by atoms with van der Waals surface area (Å²) in [4.78, 5) is 28.8. The van der Waals surface area contributed by atoms with Crippen molar-refractivity contribution in [2.75, 3.05) is 7.11 Å². The van der Waals surface area contributed by atoms with Gasteiger partial charge < -0.3 is 9.30 Å². The number of aromatic nitrogens is 1. The van der Waals surface area contributed by atoms with Gasteiger partial charge >= 0.3 is 5.97 Å². The van der Waals surface area contributed by atoms with Gasteiger partial charge in [0.25, 0.3) is 5.91 Å². The van der Waals surface area contributed by atoms with Gasteiger partial charge in [-0.1, -0.05) is 36.5 Å². The van der Waals surface area contributed by atoms with E-state index >= 15 is 0 Å². The minimum absolute atomic E-state index is 0.0232. The van der Waals surface area contributed by atoms with E-state index in [0.717, 1.165) is 22.2 Å². The third-order valence-electron chi connectivity index (χ3n) is 4.16. The van der Waals surface area contributed by atoms with E-state index in [1.165, 1.54) is 30.6 Å². The van der Waals surface area contributed by atoms with Crippen LogP contribution in [0.3, 0.4) is 0 Å². The number of fused-ring (bicyclic) bond motifs is 1. The number of carbonyl (C=O) groups is 2. The van der Waals surface area contributed by atoms with Crippen molar-refractivity contribution in [3.8, 4) is 0 Å². The Labute approximate surface area is 159 Å². The Hall–Kier alpha value is -2.80. The number of methoxy groups -OCH3 is 1. The normalized spacial score (nSPS) is 11.7. The number of ether oxygens (including phenoxy) is 1. The number of esters is 1. The number of hydrogen-bond donors (Lipinski definition) is 0. The van der Waals surface area contributed by atoms with Crippen molar-refractivity contribution in [2.45, 2.75) is 26.3 Å². The highest BCUT2D eigenvalue weighted by molar-refractivity contribution is 7.16. The maximum atomic E-state index is 13.0. The SMILES string of the molecule is CCc1ccc2c(c1)sc(=NC(=O)Cc1ccc(F)cc1)n2CC(=O)OC. The Morgan fingerprint density at radius 1 is 1.15 bits per heavy atom. The highest BCUT2D eigenvalue weighted by Crippen LogP contribution is 2.20. The van der Waals surface area contributed by atoms with Crippen LogP contribution in [0.2, 0.25) is 0 Å². The molecule has 3 aromatic rings. The molecule has 0 N–H and O–H groups in total. The number of rotatable bonds is 5. The number of halogens is 1. The Balaban J connectivity index is 2.00. The highest BCUT2D eigenvalue weighted by atomic mass is 32.1. The molecule has 3 rings (SSSR count). The fourth-order valence-corrected chi connectivity index (χ4v) is 3.80. The lowest BCUT2D eigenvalue weighted by molar-refractivity contribution is -0.141. The van der Waals surface area contributed by atoms with Crippen LogP contribution < -0.4 is 4.80 Å². The van der Waals surface area contributed by atoms with Crippen LogP contribution in [-0.2, 0) is 33.7 Å². The van der Waals surface area contributed by atoms with Gasteiger partial charge in [-0.2, -0.15) is 4.99 Å². The summed E-state index contributed by atoms with van der Waals surface area (Å²) in [5.74, 6) is -1.13. The molecule has 5 nitrogen and oxygen atoms in total. The first-order valence-electron chi connectivity index (χ1n) is 8.51. The van der Waals surface area contributed by atoms with Crippen LogP contribution in [0, 0.1) is 5.82 Å². The molecule has 140 valence electrons. The van der Waals surface area contributed by atoms with Gasteiger partial charge in [0.2, 0.25) is 0 Å². The minimum Gasteiger partial charge on any atom is -0.468 e. The fraction of sp³-hybridized carbons (Fsp3) is 0.250. The van der Waals surface area contributed by atoms with Gasteiger partial charge in [0.05, 0.1) is 23.7 Å². The number of nitrogens with zero attached hydrogens (tertiary/aromatic N) is 2. The van der Waals surface area contributed by atoms with Crippen molar-refractivity contribution in [3.63, 3.8) is 0 Å². The van der Waals surface area contributed by atoms with E-state index in [-0.39, 0.29) is 24.7 Å². The van der Waals surface area contributed by atoms with Crippen LogP contribution >= 0.6 is 11.3 Å². The smallest absolute Gasteiger partial charge is 0.325 e. The number of benzene rings is 2. The molecule has 0 fully saturated rings. The number of amides is 1. The molecule has 0 atom stereocenters. The van der Waals surface area contributed by atoms with E-state index in [2.05, 4.69) is 11.9 Å². The van der Waals surface area contributed by atoms with Gasteiger partial charge in [-0.25, -0.2) is 4.39 Å². The highest BCUT2D eigenvalue weighted by Gasteiger charge is 2.12. The van der Waals surface area contributed by atoms with Crippen molar-refractivity contribution < 1.29 is 18.7 Å². The summed E-state index contributed by atoms with van der Waals surface area (Å²) >= 11 is 1.35. The minimum atomic E-state index is -0.415. The van der Waals surface area contributed by atoms with Gasteiger partial charge in [0.1, 0.15) is 12.4 Å². The fourth-order valence-electron chi connectivity index (χ4n) is 2.69. The Kier molecular flexibility index (Phi) is 5.81. The second kappa shape index (κ2) is 8.26. The van der Waals surface area contributed by atoms with Gasteiger partial charge in [0.15, 0.2) is 4.80 Å². The first-order valence-corrected chi connectivity index (χ1v) is 9.33. The predicted octanol–water partition coefficient (Wildman–Crippen LogP) is 3.25. The maximum absolute atomic E-state index is 13.0. The molecule has 0 radical (unpaired) electrons. The molecule has 7 heteroatoms. The average molecular weight is 386 g/mol. The molecule has 0 spiro atoms. The van der Waals surface area contributed by atoms with Crippen molar-refractivity contribution in [1.29, 1.82) is 0 Å². The topological polar surface area (TPSA) is 60.7 Å². The summed E-state index contributed by atoms with van der Waals surface area (Å²) < 4.78 is 20.4. The van der Waals surface area contributed by atoms with Gasteiger partial charge in [-0.05, 0) is 41.8 Å². The molecule has 0 aliphatic heterocycles. The molecule has 27 heavy (non-hydrogen) atoms. The molecule has 0 saturated heterocycles. The van der Waals surface area contributed by atoms with Gasteiger partial charge in [-0.3, -0.25) is 9.59 Å². The van der Waals surface area contributed by atoms with Crippen molar-refractivity contribution >= 4 is 33.4 Å². The van der Waals surface area contributed by atoms with Crippen LogP contribution in [0.15, 0.2) is 47.5 Å². The Morgan fingerprint density at radius 2 is 1.85 bits per heavy atom. The first-order chi connectivity index (χ1) is 13.0. The molecular weight excluding hydrogens is 367 g/mol. The zero-order valence-corrected chi connectivity index (χ0v) is 15.9. The lowest BCUT2D eigenvalue weighted by Gasteiger charge is -2.04. The predicted molar refractivity (Wildman–Crippen MR) is 102 cm³/mol. The quantitative estimate of drug-likeness (QED) is 0.633. The molecule has 0 aliphatic rings. The number of hydrogen-bond acceptors (Lipinski definition) is 4. The lowest BCUT2D eigenvalue weighted by Crippen LogP contribution is -2.22. The summed E-state index contributed by atoms with van der Waals surface area (Å²) in [7, 11) is 1.32. The Morgan fingerprint density at radius 3 is 2.52 bits per heavy atom. The standard InChI is InChI=1S/C20H19FN2O3S/c1-3-13-6-9-16-17(10-13)27-20(23(16)12-19(25)26-2)22-18(24)11-14-4-7-15(21)8-5-14/h4-10H,3,11-12H2,1-2H3. The molecule has 2 aromatic carbocycles. The summed E-state index contributed by atoms with van der Waals surface area (Å²) in [5.41, 5.74) is 2.67.